The number of sulfonamides is 1. The fourth-order valence-corrected chi connectivity index (χ4v) is 5.11. The average Bonchev–Trinajstić information content (AvgIpc) is 3.24. The van der Waals surface area contributed by atoms with Gasteiger partial charge in [-0.2, -0.15) is 31.4 Å². The first-order valence-electron chi connectivity index (χ1n) is 10.6. The van der Waals surface area contributed by atoms with Gasteiger partial charge in [-0.05, 0) is 35.3 Å². The summed E-state index contributed by atoms with van der Waals surface area (Å²) in [6.45, 7) is 0.571. The monoisotopic (exact) mass is 533 g/mol. The van der Waals surface area contributed by atoms with Gasteiger partial charge in [0.25, 0.3) is 0 Å². The highest BCUT2D eigenvalue weighted by Crippen LogP contribution is 2.45. The number of nitrogens with zero attached hydrogens (tertiary/aromatic N) is 3. The number of hydrogen-bond donors (Lipinski definition) is 0. The molecule has 0 aromatic heterocycles. The lowest BCUT2D eigenvalue weighted by Gasteiger charge is -2.26. The molecule has 12 heteroatoms. The van der Waals surface area contributed by atoms with Crippen LogP contribution in [0, 0.1) is 0 Å². The number of rotatable bonds is 5. The minimum absolute atomic E-state index is 0.164. The Morgan fingerprint density at radius 3 is 2.23 bits per heavy atom. The van der Waals surface area contributed by atoms with Crippen LogP contribution < -0.4 is 5.01 Å². The molecule has 0 aliphatic carbocycles. The van der Waals surface area contributed by atoms with E-state index in [1.54, 1.807) is 42.5 Å². The van der Waals surface area contributed by atoms with E-state index in [0.717, 1.165) is 22.4 Å². The zero-order valence-electron chi connectivity index (χ0n) is 18.4. The first-order chi connectivity index (χ1) is 16.3. The van der Waals surface area contributed by atoms with E-state index in [2.05, 4.69) is 5.10 Å². The maximum Gasteiger partial charge on any atom is 0.459 e. The van der Waals surface area contributed by atoms with Crippen molar-refractivity contribution >= 4 is 38.6 Å². The van der Waals surface area contributed by atoms with Crippen LogP contribution in [0.2, 0.25) is 5.02 Å². The van der Waals surface area contributed by atoms with Gasteiger partial charge in [0, 0.05) is 19.5 Å². The number of hydrogen-bond acceptors (Lipinski definition) is 4. The first-order valence-corrected chi connectivity index (χ1v) is 12.8. The third-order valence-electron chi connectivity index (χ3n) is 6.04. The summed E-state index contributed by atoms with van der Waals surface area (Å²) in [5.74, 6) is -5.08. The summed E-state index contributed by atoms with van der Waals surface area (Å²) in [4.78, 5) is 0. The molecule has 0 spiro atoms. The van der Waals surface area contributed by atoms with Crippen LogP contribution in [0.3, 0.4) is 0 Å². The van der Waals surface area contributed by atoms with Gasteiger partial charge in [-0.25, -0.2) is 8.42 Å². The van der Waals surface area contributed by atoms with Crippen LogP contribution in [0.15, 0.2) is 59.7 Å². The summed E-state index contributed by atoms with van der Waals surface area (Å²) in [5, 5.41) is 4.95. The molecule has 1 atom stereocenters. The van der Waals surface area contributed by atoms with Crippen molar-refractivity contribution in [1.82, 2.24) is 4.31 Å². The molecule has 2 aliphatic heterocycles. The minimum atomic E-state index is -5.77. The van der Waals surface area contributed by atoms with Crippen molar-refractivity contribution in [3.63, 3.8) is 0 Å². The zero-order valence-corrected chi connectivity index (χ0v) is 20.0. The van der Waals surface area contributed by atoms with E-state index in [1.165, 1.54) is 16.4 Å². The van der Waals surface area contributed by atoms with Crippen molar-refractivity contribution < 1.29 is 30.4 Å². The highest BCUT2D eigenvalue weighted by atomic mass is 35.5. The Morgan fingerprint density at radius 1 is 1.03 bits per heavy atom. The van der Waals surface area contributed by atoms with E-state index in [0.29, 0.717) is 18.5 Å². The predicted octanol–water partition coefficient (Wildman–Crippen LogP) is 5.89. The molecule has 5 nitrogen and oxygen atoms in total. The second-order valence-electron chi connectivity index (χ2n) is 8.36. The van der Waals surface area contributed by atoms with Crippen LogP contribution in [-0.4, -0.2) is 49.9 Å². The molecule has 0 saturated carbocycles. The Morgan fingerprint density at radius 2 is 1.69 bits per heavy atom. The SMILES string of the molecule is CS(=O)(=O)N1CC=C(c2ccc(C3CC(C(F)(F)C(F)(F)F)=NN3c3ccccc3Cl)cc2)CC1. The summed E-state index contributed by atoms with van der Waals surface area (Å²) in [6, 6.07) is 12.1. The third-order valence-corrected chi connectivity index (χ3v) is 7.62. The van der Waals surface area contributed by atoms with Crippen molar-refractivity contribution in [2.24, 2.45) is 5.10 Å². The molecule has 4 rings (SSSR count). The van der Waals surface area contributed by atoms with Crippen molar-refractivity contribution in [2.45, 2.75) is 31.0 Å². The summed E-state index contributed by atoms with van der Waals surface area (Å²) < 4.78 is 92.3. The molecule has 2 aromatic rings. The highest BCUT2D eigenvalue weighted by molar-refractivity contribution is 7.88. The molecule has 0 bridgehead atoms. The molecule has 35 heavy (non-hydrogen) atoms. The molecule has 0 saturated heterocycles. The van der Waals surface area contributed by atoms with E-state index in [1.807, 2.05) is 0 Å². The summed E-state index contributed by atoms with van der Waals surface area (Å²) >= 11 is 6.20. The van der Waals surface area contributed by atoms with Gasteiger partial charge in [-0.1, -0.05) is 54.1 Å². The van der Waals surface area contributed by atoms with Crippen molar-refractivity contribution in [3.05, 3.63) is 70.8 Å². The number of anilines is 1. The lowest BCUT2D eigenvalue weighted by Crippen LogP contribution is -2.43. The van der Waals surface area contributed by atoms with Gasteiger partial charge >= 0.3 is 12.1 Å². The molecule has 1 unspecified atom stereocenters. The fraction of sp³-hybridized carbons (Fsp3) is 0.348. The summed E-state index contributed by atoms with van der Waals surface area (Å²) in [6.07, 6.45) is -2.97. The van der Waals surface area contributed by atoms with E-state index < -0.39 is 40.3 Å². The maximum absolute atomic E-state index is 14.2. The number of para-hydroxylation sites is 1. The van der Waals surface area contributed by atoms with Crippen LogP contribution >= 0.6 is 11.6 Å². The van der Waals surface area contributed by atoms with Gasteiger partial charge in [-0.15, -0.1) is 0 Å². The third kappa shape index (κ3) is 5.07. The van der Waals surface area contributed by atoms with Crippen molar-refractivity contribution in [3.8, 4) is 0 Å². The second-order valence-corrected chi connectivity index (χ2v) is 10.7. The van der Waals surface area contributed by atoms with E-state index >= 15 is 0 Å². The van der Waals surface area contributed by atoms with Crippen molar-refractivity contribution in [1.29, 1.82) is 0 Å². The molecular weight excluding hydrogens is 513 g/mol. The Hall–Kier alpha value is -2.50. The highest BCUT2D eigenvalue weighted by Gasteiger charge is 2.62. The van der Waals surface area contributed by atoms with Crippen molar-refractivity contribution in [2.75, 3.05) is 24.4 Å². The Kier molecular flexibility index (Phi) is 6.71. The fourth-order valence-electron chi connectivity index (χ4n) is 4.12. The molecule has 0 fully saturated rings. The topological polar surface area (TPSA) is 53.0 Å². The van der Waals surface area contributed by atoms with Gasteiger partial charge in [0.05, 0.1) is 23.0 Å². The van der Waals surface area contributed by atoms with Crippen LogP contribution in [0.4, 0.5) is 27.6 Å². The van der Waals surface area contributed by atoms with Crippen LogP contribution in [-0.2, 0) is 10.0 Å². The Labute approximate surface area is 204 Å². The largest absolute Gasteiger partial charge is 0.459 e. The van der Waals surface area contributed by atoms with E-state index in [-0.39, 0.29) is 17.3 Å². The molecule has 2 aromatic carbocycles. The first kappa shape index (κ1) is 25.6. The van der Waals surface area contributed by atoms with Crippen LogP contribution in [0.1, 0.15) is 30.0 Å². The molecule has 2 aliphatic rings. The molecule has 2 heterocycles. The van der Waals surface area contributed by atoms with Gasteiger partial charge in [0.2, 0.25) is 10.0 Å². The number of hydrazone groups is 1. The smallest absolute Gasteiger partial charge is 0.256 e. The van der Waals surface area contributed by atoms with Gasteiger partial charge in [0.15, 0.2) is 0 Å². The molecule has 0 radical (unpaired) electrons. The Balaban J connectivity index is 1.64. The number of alkyl halides is 5. The van der Waals surface area contributed by atoms with Crippen LogP contribution in [0.25, 0.3) is 5.57 Å². The second kappa shape index (κ2) is 9.18. The minimum Gasteiger partial charge on any atom is -0.256 e. The quantitative estimate of drug-likeness (QED) is 0.450. The van der Waals surface area contributed by atoms with E-state index in [9.17, 15) is 30.4 Å². The summed E-state index contributed by atoms with van der Waals surface area (Å²) in [5.41, 5.74) is 1.15. The maximum atomic E-state index is 14.2. The Bertz CT molecular complexity index is 1280. The number of halogens is 6. The standard InChI is InChI=1S/C23H21ClF5N3O2S/c1-35(33,34)31-12-10-16(11-13-31)15-6-8-17(9-7-15)20-14-21(22(25,26)23(27,28)29)30-32(20)19-5-3-2-4-18(19)24/h2-10,20H,11-14H2,1H3. The number of benzene rings is 2. The van der Waals surface area contributed by atoms with Gasteiger partial charge < -0.3 is 0 Å². The lowest BCUT2D eigenvalue weighted by molar-refractivity contribution is -0.249. The molecule has 0 N–H and O–H groups in total. The summed E-state index contributed by atoms with van der Waals surface area (Å²) in [7, 11) is -3.29. The lowest BCUT2D eigenvalue weighted by atomic mass is 9.94. The molecule has 188 valence electrons. The van der Waals surface area contributed by atoms with Crippen LogP contribution in [0.5, 0.6) is 0 Å². The van der Waals surface area contributed by atoms with E-state index in [4.69, 9.17) is 11.6 Å². The predicted molar refractivity (Wildman–Crippen MR) is 125 cm³/mol. The van der Waals surface area contributed by atoms with Gasteiger partial charge in [-0.3, -0.25) is 5.01 Å². The normalized spacial score (nSPS) is 20.1. The average molecular weight is 534 g/mol. The zero-order chi connectivity index (χ0) is 25.6. The molecular formula is C23H21ClF5N3O2S. The molecule has 0 amide bonds. The van der Waals surface area contributed by atoms with Gasteiger partial charge in [0.1, 0.15) is 5.71 Å².